The molecule has 4 heterocycles. The molecule has 11 aromatic rings. The number of hydrogen-bond donors (Lipinski definition) is 0. The second-order valence-corrected chi connectivity index (χ2v) is 40.3. The summed E-state index contributed by atoms with van der Waals surface area (Å²) in [5.41, 5.74) is 16.1. The first-order valence-electron chi connectivity index (χ1n) is 31.9. The van der Waals surface area contributed by atoms with E-state index in [1.54, 1.807) is 0 Å². The van der Waals surface area contributed by atoms with Crippen LogP contribution in [-0.2, 0) is 16.2 Å². The Hall–Kier alpha value is -7.66. The summed E-state index contributed by atoms with van der Waals surface area (Å²) in [6.07, 6.45) is 8.68. The van der Waals surface area contributed by atoms with E-state index in [2.05, 4.69) is 288 Å². The van der Waals surface area contributed by atoms with Gasteiger partial charge in [0.25, 0.3) is 0 Å². The molecular formula is C78H83N5OSi2. The van der Waals surface area contributed by atoms with E-state index in [1.807, 2.05) is 0 Å². The molecule has 0 amide bonds. The molecule has 0 atom stereocenters. The maximum absolute atomic E-state index is 7.29. The molecule has 8 aromatic carbocycles. The Labute approximate surface area is 511 Å². The summed E-state index contributed by atoms with van der Waals surface area (Å²) >= 11 is 0. The second-order valence-electron chi connectivity index (χ2n) is 30.2. The number of benzene rings is 8. The Morgan fingerprint density at radius 2 is 1.02 bits per heavy atom. The van der Waals surface area contributed by atoms with Crippen molar-refractivity contribution in [2.24, 2.45) is 23.7 Å². The lowest BCUT2D eigenvalue weighted by molar-refractivity contribution is -0.0418. The molecule has 4 fully saturated rings. The van der Waals surface area contributed by atoms with E-state index in [0.29, 0.717) is 11.8 Å². The fourth-order valence-corrected chi connectivity index (χ4v) is 20.0. The summed E-state index contributed by atoms with van der Waals surface area (Å²) in [6.45, 7) is 29.6. The number of aromatic nitrogens is 3. The molecule has 6 nitrogen and oxygen atoms in total. The third-order valence-electron chi connectivity index (χ3n) is 20.6. The maximum Gasteiger partial charge on any atom is 0.137 e. The highest BCUT2D eigenvalue weighted by Gasteiger charge is 2.58. The average molecular weight is 1160 g/mol. The van der Waals surface area contributed by atoms with Gasteiger partial charge in [-0.15, -0.1) is 0 Å². The highest BCUT2D eigenvalue weighted by Crippen LogP contribution is 2.65. The average Bonchev–Trinajstić information content (AvgIpc) is 0.937. The largest absolute Gasteiger partial charge is 0.457 e. The van der Waals surface area contributed by atoms with Crippen molar-refractivity contribution < 1.29 is 4.74 Å². The van der Waals surface area contributed by atoms with Gasteiger partial charge in [-0.2, -0.15) is 0 Å². The van der Waals surface area contributed by atoms with Gasteiger partial charge in [-0.3, -0.25) is 4.57 Å². The monoisotopic (exact) mass is 1160 g/mol. The molecule has 3 aromatic heterocycles. The van der Waals surface area contributed by atoms with Crippen LogP contribution in [0.3, 0.4) is 0 Å². The SMILES string of the molecule is CC(C)(C)c1cc(Oc2ccc3c4cc(C(C)(C)C)ccc4n(-c4cc(C5(c6ccc(-n7c8ccccc8c8ccccc87)cc6)C6CC7CC(C6)CC5C7)ccn4)c3c2)cc(N2CN(c3c([Si](C)(C)C)cccc3[Si](C)(C)C)c3ccccc32)c1. The highest BCUT2D eigenvalue weighted by molar-refractivity contribution is 6.93. The van der Waals surface area contributed by atoms with Gasteiger partial charge in [0.05, 0.1) is 49.6 Å². The van der Waals surface area contributed by atoms with Gasteiger partial charge in [-0.1, -0.05) is 166 Å². The van der Waals surface area contributed by atoms with Gasteiger partial charge in [0.15, 0.2) is 0 Å². The smallest absolute Gasteiger partial charge is 0.137 e. The Bertz CT molecular complexity index is 4390. The van der Waals surface area contributed by atoms with Crippen molar-refractivity contribution in [2.45, 2.75) is 129 Å². The molecular weight excluding hydrogens is 1080 g/mol. The summed E-state index contributed by atoms with van der Waals surface area (Å²) in [6, 6.07) is 69.5. The maximum atomic E-state index is 7.29. The number of para-hydroxylation sites is 5. The van der Waals surface area contributed by atoms with Gasteiger partial charge >= 0.3 is 0 Å². The quantitative estimate of drug-likeness (QED) is 0.128. The second kappa shape index (κ2) is 19.7. The third-order valence-corrected chi connectivity index (χ3v) is 24.7. The molecule has 0 unspecified atom stereocenters. The highest BCUT2D eigenvalue weighted by atomic mass is 28.3. The van der Waals surface area contributed by atoms with Crippen molar-refractivity contribution >= 4 is 92.9 Å². The van der Waals surface area contributed by atoms with Crippen LogP contribution in [0.4, 0.5) is 22.7 Å². The zero-order chi connectivity index (χ0) is 59.4. The molecule has 8 heteroatoms. The number of anilines is 4. The van der Waals surface area contributed by atoms with Gasteiger partial charge < -0.3 is 19.1 Å². The normalized spacial score (nSPS) is 20.5. The predicted molar refractivity (Wildman–Crippen MR) is 369 cm³/mol. The van der Waals surface area contributed by atoms with Crippen molar-refractivity contribution in [3.05, 3.63) is 210 Å². The van der Waals surface area contributed by atoms with E-state index >= 15 is 0 Å². The first kappa shape index (κ1) is 55.0. The summed E-state index contributed by atoms with van der Waals surface area (Å²) < 4.78 is 12.2. The standard InChI is InChI=1S/C78H83N5OSi2/c1-76(2,3)53-30-35-68-65(45-53)64-34-33-60(84-61-44-55(77(4,5)6)43-59(47-61)80-49-81(70-25-18-17-24-69(70)80)75-72(85(7,8)9)26-19-27-73(75)86(10,11)12)48-71(64)83(68)74-46-54(36-37-79-74)78(56-39-50-38-51(41-56)42-57(78)40-50)52-28-31-58(32-29-52)82-66-22-15-13-20-62(66)63-21-14-16-23-67(63)82/h13-37,43-48,50-51,56-57H,38-42,49H2,1-12H3. The zero-order valence-corrected chi connectivity index (χ0v) is 54.6. The first-order valence-corrected chi connectivity index (χ1v) is 38.9. The lowest BCUT2D eigenvalue weighted by Gasteiger charge is -2.62. The molecule has 16 rings (SSSR count). The molecule has 0 radical (unpaired) electrons. The number of rotatable bonds is 10. The molecule has 86 heavy (non-hydrogen) atoms. The number of pyridine rings is 1. The minimum Gasteiger partial charge on any atom is -0.457 e. The Morgan fingerprint density at radius 1 is 0.442 bits per heavy atom. The van der Waals surface area contributed by atoms with Crippen molar-refractivity contribution in [3.63, 3.8) is 0 Å². The lowest BCUT2D eigenvalue weighted by Crippen LogP contribution is -2.56. The van der Waals surface area contributed by atoms with Crippen LogP contribution in [0.1, 0.15) is 95.9 Å². The number of nitrogens with zero attached hydrogens (tertiary/aromatic N) is 5. The fourth-order valence-electron chi connectivity index (χ4n) is 16.7. The zero-order valence-electron chi connectivity index (χ0n) is 52.6. The van der Waals surface area contributed by atoms with Crippen LogP contribution < -0.4 is 24.9 Å². The van der Waals surface area contributed by atoms with Crippen molar-refractivity contribution in [3.8, 4) is 23.0 Å². The van der Waals surface area contributed by atoms with Crippen molar-refractivity contribution in [2.75, 3.05) is 16.5 Å². The summed E-state index contributed by atoms with van der Waals surface area (Å²) in [5.74, 6) is 5.36. The molecule has 0 N–H and O–H groups in total. The van der Waals surface area contributed by atoms with Crippen molar-refractivity contribution in [1.29, 1.82) is 0 Å². The van der Waals surface area contributed by atoms with Gasteiger partial charge in [-0.05, 0) is 184 Å². The van der Waals surface area contributed by atoms with E-state index in [1.165, 1.54) is 120 Å². The molecule has 1 aliphatic heterocycles. The van der Waals surface area contributed by atoms with Gasteiger partial charge in [-0.25, -0.2) is 4.98 Å². The first-order chi connectivity index (χ1) is 41.1. The minimum absolute atomic E-state index is 0.0241. The summed E-state index contributed by atoms with van der Waals surface area (Å²) in [7, 11) is -3.51. The number of hydrogen-bond acceptors (Lipinski definition) is 4. The van der Waals surface area contributed by atoms with Gasteiger partial charge in [0.1, 0.15) is 24.0 Å². The van der Waals surface area contributed by atoms with Crippen LogP contribution >= 0.6 is 0 Å². The minimum atomic E-state index is -1.75. The Kier molecular flexibility index (Phi) is 12.6. The molecule has 434 valence electrons. The summed E-state index contributed by atoms with van der Waals surface area (Å²) in [4.78, 5) is 10.6. The van der Waals surface area contributed by atoms with Crippen molar-refractivity contribution in [1.82, 2.24) is 14.1 Å². The molecule has 4 saturated carbocycles. The van der Waals surface area contributed by atoms with Crippen LogP contribution in [0.2, 0.25) is 39.3 Å². The van der Waals surface area contributed by atoms with E-state index in [0.717, 1.165) is 52.5 Å². The van der Waals surface area contributed by atoms with Crippen LogP contribution in [0.15, 0.2) is 188 Å². The fraction of sp³-hybridized carbons (Fsp3) is 0.321. The topological polar surface area (TPSA) is 38.5 Å². The van der Waals surface area contributed by atoms with Gasteiger partial charge in [0, 0.05) is 62.4 Å². The Balaban J connectivity index is 0.850. The predicted octanol–water partition coefficient (Wildman–Crippen LogP) is 19.7. The molecule has 4 aliphatic carbocycles. The molecule has 0 spiro atoms. The molecule has 5 aliphatic rings. The number of fused-ring (bicyclic) bond motifs is 7. The van der Waals surface area contributed by atoms with Crippen LogP contribution in [0, 0.1) is 23.7 Å². The van der Waals surface area contributed by atoms with E-state index in [-0.39, 0.29) is 16.2 Å². The number of ether oxygens (including phenoxy) is 1. The third kappa shape index (κ3) is 8.85. The van der Waals surface area contributed by atoms with E-state index in [9.17, 15) is 0 Å². The summed E-state index contributed by atoms with van der Waals surface area (Å²) in [5, 5.41) is 8.08. The van der Waals surface area contributed by atoms with E-state index < -0.39 is 16.1 Å². The Morgan fingerprint density at radius 3 is 1.64 bits per heavy atom. The molecule has 4 bridgehead atoms. The van der Waals surface area contributed by atoms with Crippen LogP contribution in [0.5, 0.6) is 11.5 Å². The lowest BCUT2D eigenvalue weighted by atomic mass is 9.42. The molecule has 0 saturated heterocycles. The van der Waals surface area contributed by atoms with E-state index in [4.69, 9.17) is 9.72 Å². The van der Waals surface area contributed by atoms with Crippen LogP contribution in [-0.4, -0.2) is 36.9 Å². The van der Waals surface area contributed by atoms with Gasteiger partial charge in [0.2, 0.25) is 0 Å². The van der Waals surface area contributed by atoms with Crippen LogP contribution in [0.25, 0.3) is 55.1 Å².